The van der Waals surface area contributed by atoms with E-state index in [4.69, 9.17) is 9.84 Å². The van der Waals surface area contributed by atoms with Gasteiger partial charge in [-0.05, 0) is 32.4 Å². The zero-order chi connectivity index (χ0) is 18.7. The zero-order valence-corrected chi connectivity index (χ0v) is 16.1. The van der Waals surface area contributed by atoms with Gasteiger partial charge in [0.2, 0.25) is 5.91 Å². The number of nitrogens with zero attached hydrogens (tertiary/aromatic N) is 3. The van der Waals surface area contributed by atoms with Crippen LogP contribution in [0.15, 0.2) is 24.3 Å². The Kier molecular flexibility index (Phi) is 5.74. The number of carbonyl (C=O) groups excluding carboxylic acids is 1. The Bertz CT molecular complexity index is 778. The lowest BCUT2D eigenvalue weighted by atomic mass is 10.1. The summed E-state index contributed by atoms with van der Waals surface area (Å²) in [6.07, 6.45) is 0.459. The number of carbonyl (C=O) groups is 1. The van der Waals surface area contributed by atoms with E-state index in [1.54, 1.807) is 4.90 Å². The Morgan fingerprint density at radius 3 is 2.81 bits per heavy atom. The van der Waals surface area contributed by atoms with E-state index >= 15 is 0 Å². The molecule has 1 saturated heterocycles. The molecule has 1 aromatic heterocycles. The molecule has 6 nitrogen and oxygen atoms in total. The van der Waals surface area contributed by atoms with Crippen molar-refractivity contribution >= 4 is 5.91 Å². The lowest BCUT2D eigenvalue weighted by molar-refractivity contribution is -0.131. The first-order chi connectivity index (χ1) is 12.5. The van der Waals surface area contributed by atoms with Crippen LogP contribution in [-0.2, 0) is 16.1 Å². The van der Waals surface area contributed by atoms with E-state index in [9.17, 15) is 4.79 Å². The third-order valence-corrected chi connectivity index (χ3v) is 5.03. The van der Waals surface area contributed by atoms with E-state index in [0.717, 1.165) is 35.8 Å². The fourth-order valence-corrected chi connectivity index (χ4v) is 3.38. The minimum atomic E-state index is 0.107. The quantitative estimate of drug-likeness (QED) is 0.892. The van der Waals surface area contributed by atoms with Crippen LogP contribution in [0.25, 0.3) is 5.69 Å². The van der Waals surface area contributed by atoms with Crippen LogP contribution in [0.1, 0.15) is 28.9 Å². The predicted molar refractivity (Wildman–Crippen MR) is 101 cm³/mol. The molecule has 140 valence electrons. The van der Waals surface area contributed by atoms with Gasteiger partial charge in [0.15, 0.2) is 0 Å². The topological polar surface area (TPSA) is 59.4 Å². The molecule has 0 saturated carbocycles. The highest BCUT2D eigenvalue weighted by molar-refractivity contribution is 5.76. The highest BCUT2D eigenvalue weighted by atomic mass is 16.5. The number of aromatic nitrogens is 2. The van der Waals surface area contributed by atoms with Gasteiger partial charge in [-0.3, -0.25) is 4.79 Å². The molecule has 3 rings (SSSR count). The molecule has 1 atom stereocenters. The van der Waals surface area contributed by atoms with Crippen molar-refractivity contribution in [1.82, 2.24) is 20.0 Å². The van der Waals surface area contributed by atoms with Crippen molar-refractivity contribution in [2.24, 2.45) is 0 Å². The number of hydrogen-bond donors (Lipinski definition) is 1. The summed E-state index contributed by atoms with van der Waals surface area (Å²) in [5.74, 6) is 0.121. The first kappa shape index (κ1) is 18.6. The van der Waals surface area contributed by atoms with Gasteiger partial charge in [-0.15, -0.1) is 0 Å². The van der Waals surface area contributed by atoms with Gasteiger partial charge < -0.3 is 15.0 Å². The van der Waals surface area contributed by atoms with Crippen molar-refractivity contribution in [1.29, 1.82) is 0 Å². The second-order valence-electron chi connectivity index (χ2n) is 7.03. The van der Waals surface area contributed by atoms with Gasteiger partial charge in [0.25, 0.3) is 0 Å². The van der Waals surface area contributed by atoms with E-state index in [0.29, 0.717) is 19.6 Å². The highest BCUT2D eigenvalue weighted by Crippen LogP contribution is 2.21. The Morgan fingerprint density at radius 1 is 1.35 bits per heavy atom. The number of hydrogen-bond acceptors (Lipinski definition) is 4. The molecular formula is C20H28N4O2. The average molecular weight is 356 g/mol. The van der Waals surface area contributed by atoms with Gasteiger partial charge in [0.05, 0.1) is 24.6 Å². The second kappa shape index (κ2) is 8.01. The summed E-state index contributed by atoms with van der Waals surface area (Å²) in [4.78, 5) is 14.4. The Hall–Kier alpha value is -2.18. The molecule has 1 aromatic carbocycles. The third-order valence-electron chi connectivity index (χ3n) is 5.03. The number of morpholine rings is 1. The summed E-state index contributed by atoms with van der Waals surface area (Å²) in [5.41, 5.74) is 5.41. The molecule has 1 fully saturated rings. The predicted octanol–water partition coefficient (Wildman–Crippen LogP) is 2.13. The SMILES string of the molecule is Cc1ccccc1-n1nc(C)c(CN(C)C(=O)CC2COCCN2)c1C. The summed E-state index contributed by atoms with van der Waals surface area (Å²) in [5, 5.41) is 8.05. The highest BCUT2D eigenvalue weighted by Gasteiger charge is 2.21. The van der Waals surface area contributed by atoms with Gasteiger partial charge in [-0.2, -0.15) is 5.10 Å². The average Bonchev–Trinajstić information content (AvgIpc) is 2.91. The number of benzene rings is 1. The van der Waals surface area contributed by atoms with Crippen molar-refractivity contribution < 1.29 is 9.53 Å². The van der Waals surface area contributed by atoms with E-state index in [1.165, 1.54) is 5.56 Å². The Labute approximate surface area is 155 Å². The van der Waals surface area contributed by atoms with Crippen molar-refractivity contribution in [2.45, 2.75) is 39.8 Å². The normalized spacial score (nSPS) is 17.3. The van der Waals surface area contributed by atoms with Crippen molar-refractivity contribution in [2.75, 3.05) is 26.8 Å². The summed E-state index contributed by atoms with van der Waals surface area (Å²) in [7, 11) is 1.86. The summed E-state index contributed by atoms with van der Waals surface area (Å²) >= 11 is 0. The molecule has 0 spiro atoms. The van der Waals surface area contributed by atoms with Crippen molar-refractivity contribution in [3.05, 3.63) is 46.8 Å². The number of nitrogens with one attached hydrogen (secondary N) is 1. The van der Waals surface area contributed by atoms with E-state index in [-0.39, 0.29) is 11.9 Å². The molecule has 26 heavy (non-hydrogen) atoms. The maximum absolute atomic E-state index is 12.6. The van der Waals surface area contributed by atoms with Crippen LogP contribution in [0.5, 0.6) is 0 Å². The third kappa shape index (κ3) is 3.97. The number of para-hydroxylation sites is 1. The van der Waals surface area contributed by atoms with Gasteiger partial charge in [-0.1, -0.05) is 18.2 Å². The molecule has 0 bridgehead atoms. The molecule has 2 heterocycles. The smallest absolute Gasteiger partial charge is 0.224 e. The number of ether oxygens (including phenoxy) is 1. The van der Waals surface area contributed by atoms with Gasteiger partial charge in [-0.25, -0.2) is 4.68 Å². The second-order valence-corrected chi connectivity index (χ2v) is 7.03. The lowest BCUT2D eigenvalue weighted by Crippen LogP contribution is -2.44. The van der Waals surface area contributed by atoms with Crippen LogP contribution >= 0.6 is 0 Å². The lowest BCUT2D eigenvalue weighted by Gasteiger charge is -2.25. The molecule has 1 aliphatic rings. The molecule has 0 aliphatic carbocycles. The van der Waals surface area contributed by atoms with E-state index in [1.807, 2.05) is 30.8 Å². The molecule has 1 N–H and O–H groups in total. The van der Waals surface area contributed by atoms with E-state index in [2.05, 4.69) is 31.3 Å². The first-order valence-corrected chi connectivity index (χ1v) is 9.13. The molecule has 1 amide bonds. The van der Waals surface area contributed by atoms with Gasteiger partial charge in [0.1, 0.15) is 0 Å². The molecule has 1 unspecified atom stereocenters. The van der Waals surface area contributed by atoms with Crippen LogP contribution in [0, 0.1) is 20.8 Å². The standard InChI is InChI=1S/C20H28N4O2/c1-14-7-5-6-8-19(14)24-16(3)18(15(2)22-24)12-23(4)20(25)11-17-13-26-10-9-21-17/h5-8,17,21H,9-13H2,1-4H3. The van der Waals surface area contributed by atoms with Crippen molar-refractivity contribution in [3.63, 3.8) is 0 Å². The van der Waals surface area contributed by atoms with E-state index < -0.39 is 0 Å². The number of rotatable bonds is 5. The maximum atomic E-state index is 12.6. The van der Waals surface area contributed by atoms with Gasteiger partial charge >= 0.3 is 0 Å². The van der Waals surface area contributed by atoms with Crippen LogP contribution in [0.4, 0.5) is 0 Å². The summed E-state index contributed by atoms with van der Waals surface area (Å²) < 4.78 is 7.42. The van der Waals surface area contributed by atoms with Crippen LogP contribution < -0.4 is 5.32 Å². The first-order valence-electron chi connectivity index (χ1n) is 9.13. The monoisotopic (exact) mass is 356 g/mol. The molecule has 6 heteroatoms. The summed E-state index contributed by atoms with van der Waals surface area (Å²) in [6.45, 7) is 8.85. The molecule has 1 aliphatic heterocycles. The largest absolute Gasteiger partial charge is 0.378 e. The van der Waals surface area contributed by atoms with Crippen molar-refractivity contribution in [3.8, 4) is 5.69 Å². The van der Waals surface area contributed by atoms with Crippen LogP contribution in [0.3, 0.4) is 0 Å². The van der Waals surface area contributed by atoms with Crippen LogP contribution in [-0.4, -0.2) is 53.4 Å². The van der Waals surface area contributed by atoms with Crippen LogP contribution in [0.2, 0.25) is 0 Å². The maximum Gasteiger partial charge on any atom is 0.224 e. The molecule has 0 radical (unpaired) electrons. The molecule has 2 aromatic rings. The number of aryl methyl sites for hydroxylation is 2. The summed E-state index contributed by atoms with van der Waals surface area (Å²) in [6, 6.07) is 8.31. The van der Waals surface area contributed by atoms with Gasteiger partial charge in [0, 0.05) is 43.9 Å². The Morgan fingerprint density at radius 2 is 2.12 bits per heavy atom. The minimum absolute atomic E-state index is 0.107. The molecular weight excluding hydrogens is 328 g/mol. The minimum Gasteiger partial charge on any atom is -0.378 e. The zero-order valence-electron chi connectivity index (χ0n) is 16.1. The number of amides is 1. The fraction of sp³-hybridized carbons (Fsp3) is 0.500. The Balaban J connectivity index is 1.73. The fourth-order valence-electron chi connectivity index (χ4n) is 3.38.